The van der Waals surface area contributed by atoms with E-state index >= 15 is 0 Å². The molecule has 0 bridgehead atoms. The number of benzene rings is 1. The lowest BCUT2D eigenvalue weighted by Gasteiger charge is -2.40. The van der Waals surface area contributed by atoms with Gasteiger partial charge in [0.25, 0.3) is 5.91 Å². The van der Waals surface area contributed by atoms with Gasteiger partial charge < -0.3 is 10.1 Å². The van der Waals surface area contributed by atoms with Crippen molar-refractivity contribution in [2.24, 2.45) is 5.14 Å². The first kappa shape index (κ1) is 15.9. The van der Waals surface area contributed by atoms with Gasteiger partial charge >= 0.3 is 0 Å². The molecule has 0 radical (unpaired) electrons. The number of hydrogen-bond donors (Lipinski definition) is 2. The van der Waals surface area contributed by atoms with E-state index in [2.05, 4.69) is 5.32 Å². The van der Waals surface area contributed by atoms with E-state index in [0.717, 1.165) is 37.5 Å². The number of sulfonamides is 1. The van der Waals surface area contributed by atoms with Gasteiger partial charge in [0.15, 0.2) is 0 Å². The molecular weight excluding hydrogens is 299 g/mol. The monoisotopic (exact) mass is 316 g/mol. The first-order valence-corrected chi connectivity index (χ1v) is 7.98. The van der Waals surface area contributed by atoms with Crippen LogP contribution in [0.1, 0.15) is 29.6 Å². The third-order valence-electron chi connectivity index (χ3n) is 3.76. The van der Waals surface area contributed by atoms with Crippen molar-refractivity contribution in [1.29, 1.82) is 0 Å². The predicted octanol–water partition coefficient (Wildman–Crippen LogP) is 0.772. The number of halogens is 1. The number of nitrogens with two attached hydrogens (primary N) is 1. The highest BCUT2D eigenvalue weighted by molar-refractivity contribution is 7.89. The molecule has 1 amide bonds. The van der Waals surface area contributed by atoms with Gasteiger partial charge in [-0.05, 0) is 37.5 Å². The summed E-state index contributed by atoms with van der Waals surface area (Å²) in [4.78, 5) is 11.7. The van der Waals surface area contributed by atoms with Crippen LogP contribution >= 0.6 is 0 Å². The second-order valence-corrected chi connectivity index (χ2v) is 6.64. The average Bonchev–Trinajstić information content (AvgIpc) is 2.36. The van der Waals surface area contributed by atoms with E-state index in [0.29, 0.717) is 0 Å². The van der Waals surface area contributed by atoms with Crippen LogP contribution in [-0.4, -0.2) is 33.6 Å². The molecule has 0 saturated heterocycles. The minimum absolute atomic E-state index is 0.239. The van der Waals surface area contributed by atoms with E-state index in [1.54, 1.807) is 7.11 Å². The van der Waals surface area contributed by atoms with Crippen molar-refractivity contribution in [2.75, 3.05) is 13.7 Å². The molecule has 1 fully saturated rings. The summed E-state index contributed by atoms with van der Waals surface area (Å²) in [7, 11) is -2.55. The number of rotatable bonds is 5. The molecule has 3 N–H and O–H groups in total. The van der Waals surface area contributed by atoms with Crippen LogP contribution in [-0.2, 0) is 14.8 Å². The number of amides is 1. The van der Waals surface area contributed by atoms with Gasteiger partial charge in [-0.25, -0.2) is 17.9 Å². The van der Waals surface area contributed by atoms with Crippen molar-refractivity contribution in [2.45, 2.75) is 29.8 Å². The van der Waals surface area contributed by atoms with Gasteiger partial charge in [-0.1, -0.05) is 0 Å². The third kappa shape index (κ3) is 3.39. The molecule has 0 aliphatic heterocycles. The highest BCUT2D eigenvalue weighted by Crippen LogP contribution is 2.34. The maximum Gasteiger partial charge on any atom is 0.252 e. The highest BCUT2D eigenvalue weighted by atomic mass is 32.2. The predicted molar refractivity (Wildman–Crippen MR) is 73.7 cm³/mol. The number of primary sulfonamides is 1. The van der Waals surface area contributed by atoms with E-state index in [1.807, 2.05) is 0 Å². The van der Waals surface area contributed by atoms with Crippen molar-refractivity contribution in [1.82, 2.24) is 5.32 Å². The molecule has 21 heavy (non-hydrogen) atoms. The van der Waals surface area contributed by atoms with E-state index < -0.39 is 32.2 Å². The van der Waals surface area contributed by atoms with Gasteiger partial charge in [-0.3, -0.25) is 4.79 Å². The molecule has 1 saturated carbocycles. The van der Waals surface area contributed by atoms with Crippen molar-refractivity contribution in [3.63, 3.8) is 0 Å². The smallest absolute Gasteiger partial charge is 0.252 e. The first-order valence-electron chi connectivity index (χ1n) is 6.43. The standard InChI is InChI=1S/C13H17FN2O4S/c1-20-13(5-2-6-13)8-16-12(17)10-7-9(14)3-4-11(10)21(15,18)19/h3-4,7H,2,5-6,8H2,1H3,(H,16,17)(H2,15,18,19). The SMILES string of the molecule is COC1(CNC(=O)c2cc(F)ccc2S(N)(=O)=O)CCC1. The summed E-state index contributed by atoms with van der Waals surface area (Å²) < 4.78 is 41.5. The second kappa shape index (κ2) is 5.70. The topological polar surface area (TPSA) is 98.5 Å². The molecule has 1 aliphatic carbocycles. The molecule has 1 aromatic rings. The maximum atomic E-state index is 13.3. The molecular formula is C13H17FN2O4S. The zero-order chi connectivity index (χ0) is 15.7. The van der Waals surface area contributed by atoms with Crippen molar-refractivity contribution in [3.05, 3.63) is 29.6 Å². The summed E-state index contributed by atoms with van der Waals surface area (Å²) in [5.41, 5.74) is -0.715. The molecule has 0 atom stereocenters. The third-order valence-corrected chi connectivity index (χ3v) is 4.73. The molecule has 0 spiro atoms. The Bertz CT molecular complexity index is 651. The van der Waals surface area contributed by atoms with E-state index in [4.69, 9.17) is 9.88 Å². The van der Waals surface area contributed by atoms with Gasteiger partial charge in [0.1, 0.15) is 5.82 Å². The lowest BCUT2D eigenvalue weighted by Crippen LogP contribution is -2.49. The zero-order valence-corrected chi connectivity index (χ0v) is 12.4. The minimum atomic E-state index is -4.10. The molecule has 0 unspecified atom stereocenters. The molecule has 1 aliphatic rings. The average molecular weight is 316 g/mol. The summed E-state index contributed by atoms with van der Waals surface area (Å²) in [6, 6.07) is 2.78. The number of carbonyl (C=O) groups is 1. The van der Waals surface area contributed by atoms with Crippen LogP contribution in [0.15, 0.2) is 23.1 Å². The fourth-order valence-electron chi connectivity index (χ4n) is 2.29. The summed E-state index contributed by atoms with van der Waals surface area (Å²) in [6.07, 6.45) is 2.63. The number of carbonyl (C=O) groups excluding carboxylic acids is 1. The Hall–Kier alpha value is -1.51. The van der Waals surface area contributed by atoms with Gasteiger partial charge in [-0.15, -0.1) is 0 Å². The van der Waals surface area contributed by atoms with Crippen LogP contribution in [0.3, 0.4) is 0 Å². The van der Waals surface area contributed by atoms with Gasteiger partial charge in [0.2, 0.25) is 10.0 Å². The second-order valence-electron chi connectivity index (χ2n) is 5.11. The minimum Gasteiger partial charge on any atom is -0.376 e. The Morgan fingerprint density at radius 1 is 1.48 bits per heavy atom. The maximum absolute atomic E-state index is 13.3. The molecule has 116 valence electrons. The summed E-state index contributed by atoms with van der Waals surface area (Å²) in [5.74, 6) is -1.40. The highest BCUT2D eigenvalue weighted by Gasteiger charge is 2.37. The van der Waals surface area contributed by atoms with Crippen LogP contribution in [0.2, 0.25) is 0 Å². The van der Waals surface area contributed by atoms with Crippen LogP contribution in [0.5, 0.6) is 0 Å². The molecule has 8 heteroatoms. The molecule has 6 nitrogen and oxygen atoms in total. The number of nitrogens with one attached hydrogen (secondary N) is 1. The van der Waals surface area contributed by atoms with E-state index in [1.165, 1.54) is 0 Å². The lowest BCUT2D eigenvalue weighted by molar-refractivity contribution is -0.0679. The Kier molecular flexibility index (Phi) is 4.31. The molecule has 2 rings (SSSR count). The molecule has 1 aromatic carbocycles. The van der Waals surface area contributed by atoms with Gasteiger partial charge in [0.05, 0.1) is 16.1 Å². The summed E-state index contributed by atoms with van der Waals surface area (Å²) >= 11 is 0. The molecule has 0 heterocycles. The van der Waals surface area contributed by atoms with Crippen LogP contribution in [0, 0.1) is 5.82 Å². The first-order chi connectivity index (χ1) is 9.77. The Balaban J connectivity index is 2.21. The number of hydrogen-bond acceptors (Lipinski definition) is 4. The van der Waals surface area contributed by atoms with E-state index in [9.17, 15) is 17.6 Å². The number of ether oxygens (including phenoxy) is 1. The van der Waals surface area contributed by atoms with Crippen molar-refractivity contribution >= 4 is 15.9 Å². The van der Waals surface area contributed by atoms with Crippen LogP contribution < -0.4 is 10.5 Å². The normalized spacial score (nSPS) is 17.1. The van der Waals surface area contributed by atoms with Crippen LogP contribution in [0.4, 0.5) is 4.39 Å². The Morgan fingerprint density at radius 3 is 2.62 bits per heavy atom. The quantitative estimate of drug-likeness (QED) is 0.838. The lowest BCUT2D eigenvalue weighted by atomic mass is 9.80. The van der Waals surface area contributed by atoms with Crippen molar-refractivity contribution < 1.29 is 22.3 Å². The van der Waals surface area contributed by atoms with E-state index in [-0.39, 0.29) is 12.1 Å². The largest absolute Gasteiger partial charge is 0.376 e. The fraction of sp³-hybridized carbons (Fsp3) is 0.462. The summed E-state index contributed by atoms with van der Waals surface area (Å²) in [6.45, 7) is 0.239. The summed E-state index contributed by atoms with van der Waals surface area (Å²) in [5, 5.41) is 7.62. The van der Waals surface area contributed by atoms with Gasteiger partial charge in [0, 0.05) is 13.7 Å². The zero-order valence-electron chi connectivity index (χ0n) is 11.6. The van der Waals surface area contributed by atoms with Crippen LogP contribution in [0.25, 0.3) is 0 Å². The fourth-order valence-corrected chi connectivity index (χ4v) is 3.00. The Labute approximate surface area is 122 Å². The van der Waals surface area contributed by atoms with Gasteiger partial charge in [-0.2, -0.15) is 0 Å². The molecule has 0 aromatic heterocycles. The Morgan fingerprint density at radius 2 is 2.14 bits per heavy atom. The van der Waals surface area contributed by atoms with Crippen molar-refractivity contribution in [3.8, 4) is 0 Å². The number of methoxy groups -OCH3 is 1.